The van der Waals surface area contributed by atoms with Crippen LogP contribution in [0.15, 0.2) is 4.47 Å². The van der Waals surface area contributed by atoms with Gasteiger partial charge in [-0.1, -0.05) is 12.8 Å². The van der Waals surface area contributed by atoms with Crippen LogP contribution in [0, 0.1) is 0 Å². The second kappa shape index (κ2) is 4.56. The summed E-state index contributed by atoms with van der Waals surface area (Å²) in [5.74, 6) is 3.27. The van der Waals surface area contributed by atoms with Crippen LogP contribution in [0.4, 0.5) is 5.82 Å². The largest absolute Gasteiger partial charge is 0.372 e. The number of hydrogen-bond donors (Lipinski definition) is 1. The van der Waals surface area contributed by atoms with E-state index in [1.165, 1.54) is 44.2 Å². The second-order valence-electron chi connectivity index (χ2n) is 5.14. The number of anilines is 1. The number of hydrogen-bond acceptors (Lipinski definition) is 3. The highest BCUT2D eigenvalue weighted by molar-refractivity contribution is 9.10. The molecule has 2 fully saturated rings. The van der Waals surface area contributed by atoms with Crippen LogP contribution in [0.3, 0.4) is 0 Å². The van der Waals surface area contributed by atoms with E-state index in [2.05, 4.69) is 26.2 Å². The van der Waals surface area contributed by atoms with Crippen molar-refractivity contribution >= 4 is 21.7 Å². The zero-order valence-electron chi connectivity index (χ0n) is 10.2. The molecule has 0 saturated heterocycles. The van der Waals surface area contributed by atoms with E-state index < -0.39 is 0 Å². The minimum atomic E-state index is 0.621. The Hall–Kier alpha value is -0.640. The molecule has 1 heterocycles. The van der Waals surface area contributed by atoms with Gasteiger partial charge in [0.05, 0.1) is 10.2 Å². The summed E-state index contributed by atoms with van der Waals surface area (Å²) < 4.78 is 1.08. The molecule has 1 N–H and O–H groups in total. The average Bonchev–Trinajstić information content (AvgIpc) is 3.05. The maximum absolute atomic E-state index is 4.83. The predicted molar refractivity (Wildman–Crippen MR) is 72.5 cm³/mol. The van der Waals surface area contributed by atoms with Gasteiger partial charge in [0.2, 0.25) is 0 Å². The van der Waals surface area contributed by atoms with Crippen LogP contribution in [0.1, 0.15) is 61.9 Å². The molecule has 2 aliphatic rings. The first kappa shape index (κ1) is 11.5. The first-order valence-corrected chi connectivity index (χ1v) is 7.34. The van der Waals surface area contributed by atoms with Crippen LogP contribution < -0.4 is 5.32 Å². The third-order valence-corrected chi connectivity index (χ3v) is 4.60. The lowest BCUT2D eigenvalue weighted by atomic mass is 10.0. The fourth-order valence-electron chi connectivity index (χ4n) is 2.64. The van der Waals surface area contributed by atoms with Gasteiger partial charge in [-0.15, -0.1) is 0 Å². The SMILES string of the molecule is CNc1nc(C2CC2)nc(C2CCCC2)c1Br. The van der Waals surface area contributed by atoms with Crippen molar-refractivity contribution in [2.75, 3.05) is 12.4 Å². The van der Waals surface area contributed by atoms with E-state index in [9.17, 15) is 0 Å². The zero-order valence-corrected chi connectivity index (χ0v) is 11.8. The Kier molecular flexibility index (Phi) is 3.07. The highest BCUT2D eigenvalue weighted by Crippen LogP contribution is 2.43. The van der Waals surface area contributed by atoms with Crippen LogP contribution in [-0.4, -0.2) is 17.0 Å². The van der Waals surface area contributed by atoms with Crippen molar-refractivity contribution in [3.05, 3.63) is 16.0 Å². The molecule has 0 unspecified atom stereocenters. The summed E-state index contributed by atoms with van der Waals surface area (Å²) in [6, 6.07) is 0. The van der Waals surface area contributed by atoms with Gasteiger partial charge in [-0.3, -0.25) is 0 Å². The van der Waals surface area contributed by atoms with Crippen LogP contribution in [-0.2, 0) is 0 Å². The maximum Gasteiger partial charge on any atom is 0.144 e. The molecule has 1 aromatic heterocycles. The van der Waals surface area contributed by atoms with Crippen LogP contribution >= 0.6 is 15.9 Å². The molecule has 92 valence electrons. The Balaban J connectivity index is 2.01. The van der Waals surface area contributed by atoms with Gasteiger partial charge in [0.1, 0.15) is 11.6 Å². The normalized spacial score (nSPS) is 20.8. The molecule has 2 saturated carbocycles. The first-order chi connectivity index (χ1) is 8.29. The highest BCUT2D eigenvalue weighted by atomic mass is 79.9. The molecule has 0 spiro atoms. The Labute approximate surface area is 111 Å². The molecule has 1 aromatic rings. The minimum Gasteiger partial charge on any atom is -0.372 e. The third-order valence-electron chi connectivity index (χ3n) is 3.82. The number of rotatable bonds is 3. The molecule has 0 amide bonds. The van der Waals surface area contributed by atoms with E-state index in [1.54, 1.807) is 0 Å². The third kappa shape index (κ3) is 2.19. The van der Waals surface area contributed by atoms with Crippen molar-refractivity contribution < 1.29 is 0 Å². The standard InChI is InChI=1S/C13H18BrN3/c1-15-13-10(14)11(8-4-2-3-5-8)16-12(17-13)9-6-7-9/h8-9H,2-7H2,1H3,(H,15,16,17). The van der Waals surface area contributed by atoms with Gasteiger partial charge >= 0.3 is 0 Å². The van der Waals surface area contributed by atoms with E-state index in [1.807, 2.05) is 7.05 Å². The highest BCUT2D eigenvalue weighted by Gasteiger charge is 2.30. The summed E-state index contributed by atoms with van der Waals surface area (Å²) >= 11 is 3.67. The molecule has 0 aliphatic heterocycles. The van der Waals surface area contributed by atoms with E-state index in [0.717, 1.165) is 16.1 Å². The Morgan fingerprint density at radius 1 is 1.06 bits per heavy atom. The fraction of sp³-hybridized carbons (Fsp3) is 0.692. The lowest BCUT2D eigenvalue weighted by molar-refractivity contribution is 0.679. The lowest BCUT2D eigenvalue weighted by Gasteiger charge is -2.15. The number of nitrogens with zero attached hydrogens (tertiary/aromatic N) is 2. The van der Waals surface area contributed by atoms with E-state index >= 15 is 0 Å². The van der Waals surface area contributed by atoms with Gasteiger partial charge < -0.3 is 5.32 Å². The molecule has 3 nitrogen and oxygen atoms in total. The summed E-state index contributed by atoms with van der Waals surface area (Å²) in [4.78, 5) is 9.44. The van der Waals surface area contributed by atoms with Crippen molar-refractivity contribution in [3.63, 3.8) is 0 Å². The average molecular weight is 296 g/mol. The van der Waals surface area contributed by atoms with Crippen molar-refractivity contribution in [1.29, 1.82) is 0 Å². The number of nitrogens with one attached hydrogen (secondary N) is 1. The molecule has 0 aromatic carbocycles. The predicted octanol–water partition coefficient (Wildman–Crippen LogP) is 3.82. The summed E-state index contributed by atoms with van der Waals surface area (Å²) in [6.07, 6.45) is 7.76. The second-order valence-corrected chi connectivity index (χ2v) is 5.93. The zero-order chi connectivity index (χ0) is 11.8. The molecule has 0 radical (unpaired) electrons. The quantitative estimate of drug-likeness (QED) is 0.921. The Morgan fingerprint density at radius 3 is 2.35 bits per heavy atom. The fourth-order valence-corrected chi connectivity index (χ4v) is 3.34. The molecule has 2 aliphatic carbocycles. The van der Waals surface area contributed by atoms with Crippen LogP contribution in [0.5, 0.6) is 0 Å². The van der Waals surface area contributed by atoms with Gasteiger partial charge in [-0.05, 0) is 41.6 Å². The van der Waals surface area contributed by atoms with Crippen molar-refractivity contribution in [1.82, 2.24) is 9.97 Å². The minimum absolute atomic E-state index is 0.621. The van der Waals surface area contributed by atoms with E-state index in [-0.39, 0.29) is 0 Å². The Morgan fingerprint density at radius 2 is 1.76 bits per heavy atom. The molecule has 0 bridgehead atoms. The number of aromatic nitrogens is 2. The monoisotopic (exact) mass is 295 g/mol. The first-order valence-electron chi connectivity index (χ1n) is 6.54. The topological polar surface area (TPSA) is 37.8 Å². The lowest BCUT2D eigenvalue weighted by Crippen LogP contribution is -2.07. The molecular weight excluding hydrogens is 278 g/mol. The molecule has 3 rings (SSSR count). The van der Waals surface area contributed by atoms with Gasteiger partial charge in [0.25, 0.3) is 0 Å². The van der Waals surface area contributed by atoms with E-state index in [4.69, 9.17) is 4.98 Å². The summed E-state index contributed by atoms with van der Waals surface area (Å²) in [5.41, 5.74) is 1.24. The molecule has 17 heavy (non-hydrogen) atoms. The van der Waals surface area contributed by atoms with E-state index in [0.29, 0.717) is 11.8 Å². The smallest absolute Gasteiger partial charge is 0.144 e. The van der Waals surface area contributed by atoms with Gasteiger partial charge in [-0.25, -0.2) is 9.97 Å². The maximum atomic E-state index is 4.83. The summed E-state index contributed by atoms with van der Waals surface area (Å²) in [7, 11) is 1.93. The molecule has 0 atom stereocenters. The van der Waals surface area contributed by atoms with Crippen LogP contribution in [0.2, 0.25) is 0 Å². The van der Waals surface area contributed by atoms with Crippen molar-refractivity contribution in [2.45, 2.75) is 50.4 Å². The Bertz CT molecular complexity index is 423. The van der Waals surface area contributed by atoms with Crippen LogP contribution in [0.25, 0.3) is 0 Å². The van der Waals surface area contributed by atoms with Gasteiger partial charge in [0, 0.05) is 18.9 Å². The number of halogens is 1. The van der Waals surface area contributed by atoms with Crippen molar-refractivity contribution in [2.24, 2.45) is 0 Å². The van der Waals surface area contributed by atoms with Gasteiger partial charge in [0.15, 0.2) is 0 Å². The molecule has 4 heteroatoms. The summed E-state index contributed by atoms with van der Waals surface area (Å²) in [5, 5.41) is 3.18. The molecular formula is C13H18BrN3. The van der Waals surface area contributed by atoms with Crippen molar-refractivity contribution in [3.8, 4) is 0 Å². The van der Waals surface area contributed by atoms with Gasteiger partial charge in [-0.2, -0.15) is 0 Å². The summed E-state index contributed by atoms with van der Waals surface area (Å²) in [6.45, 7) is 0.